The first-order valence-corrected chi connectivity index (χ1v) is 5.36. The second-order valence-electron chi connectivity index (χ2n) is 2.91. The van der Waals surface area contributed by atoms with Crippen LogP contribution >= 0.6 is 11.3 Å². The minimum absolute atomic E-state index is 0.0535. The lowest BCUT2D eigenvalue weighted by Gasteiger charge is -1.99. The number of rotatable bonds is 5. The summed E-state index contributed by atoms with van der Waals surface area (Å²) in [5.74, 6) is -0.337. The van der Waals surface area contributed by atoms with Crippen molar-refractivity contribution in [2.45, 2.75) is 12.8 Å². The smallest absolute Gasteiger partial charge is 0.324 e. The minimum atomic E-state index is -0.531. The second-order valence-corrected chi connectivity index (χ2v) is 3.97. The van der Waals surface area contributed by atoms with Crippen molar-refractivity contribution in [2.75, 3.05) is 6.54 Å². The zero-order valence-electron chi connectivity index (χ0n) is 8.30. The molecule has 0 aliphatic carbocycles. The van der Waals surface area contributed by atoms with Crippen molar-refractivity contribution in [2.24, 2.45) is 0 Å². The van der Waals surface area contributed by atoms with Crippen molar-refractivity contribution in [3.8, 4) is 6.07 Å². The van der Waals surface area contributed by atoms with Crippen molar-refractivity contribution in [1.29, 1.82) is 5.26 Å². The Morgan fingerprint density at radius 1 is 1.62 bits per heavy atom. The third kappa shape index (κ3) is 3.33. The summed E-state index contributed by atoms with van der Waals surface area (Å²) in [6, 6.07) is 4.68. The summed E-state index contributed by atoms with van der Waals surface area (Å²) in [5.41, 5.74) is 0. The van der Waals surface area contributed by atoms with Gasteiger partial charge in [-0.2, -0.15) is 5.26 Å². The molecule has 0 bridgehead atoms. The summed E-state index contributed by atoms with van der Waals surface area (Å²) >= 11 is 0.837. The number of carbonyl (C=O) groups is 1. The minimum Gasteiger partial charge on any atom is -0.351 e. The van der Waals surface area contributed by atoms with Crippen molar-refractivity contribution in [3.63, 3.8) is 0 Å². The van der Waals surface area contributed by atoms with Crippen LogP contribution in [0.25, 0.3) is 0 Å². The fourth-order valence-electron chi connectivity index (χ4n) is 1.00. The molecule has 1 rings (SSSR count). The van der Waals surface area contributed by atoms with Gasteiger partial charge in [0.1, 0.15) is 0 Å². The highest BCUT2D eigenvalue weighted by atomic mass is 32.1. The summed E-state index contributed by atoms with van der Waals surface area (Å²) in [7, 11) is 0. The number of nitro groups is 1. The predicted molar refractivity (Wildman–Crippen MR) is 58.2 cm³/mol. The van der Waals surface area contributed by atoms with Gasteiger partial charge in [-0.1, -0.05) is 11.3 Å². The molecule has 7 heteroatoms. The molecule has 1 aromatic heterocycles. The Hall–Kier alpha value is -1.94. The zero-order valence-corrected chi connectivity index (χ0v) is 9.12. The van der Waals surface area contributed by atoms with Gasteiger partial charge in [0.25, 0.3) is 5.91 Å². The number of carbonyl (C=O) groups excluding carboxylic acids is 1. The Morgan fingerprint density at radius 2 is 2.38 bits per heavy atom. The Kier molecular flexibility index (Phi) is 4.42. The van der Waals surface area contributed by atoms with Crippen molar-refractivity contribution >= 4 is 22.2 Å². The number of amides is 1. The standard InChI is InChI=1S/C9H9N3O3S/c10-5-1-2-6-11-9(13)7-3-4-8(16-7)12(14)15/h3-4H,1-2,6H2,(H,11,13). The van der Waals surface area contributed by atoms with E-state index in [4.69, 9.17) is 5.26 Å². The molecule has 0 unspecified atom stereocenters. The summed E-state index contributed by atoms with van der Waals surface area (Å²) in [4.78, 5) is 21.6. The van der Waals surface area contributed by atoms with Gasteiger partial charge in [-0.15, -0.1) is 0 Å². The number of nitrogens with one attached hydrogen (secondary N) is 1. The average Bonchev–Trinajstić information content (AvgIpc) is 2.73. The molecule has 0 saturated carbocycles. The lowest BCUT2D eigenvalue weighted by molar-refractivity contribution is -0.380. The summed E-state index contributed by atoms with van der Waals surface area (Å²) in [6.07, 6.45) is 0.959. The Labute approximate surface area is 95.7 Å². The molecule has 0 aliphatic heterocycles. The van der Waals surface area contributed by atoms with Crippen molar-refractivity contribution < 1.29 is 9.72 Å². The number of thiophene rings is 1. The van der Waals surface area contributed by atoms with Crippen LogP contribution in [-0.2, 0) is 0 Å². The van der Waals surface area contributed by atoms with Crippen LogP contribution in [0.1, 0.15) is 22.5 Å². The fourth-order valence-corrected chi connectivity index (χ4v) is 1.74. The first-order chi connectivity index (χ1) is 7.65. The molecular formula is C9H9N3O3S. The first kappa shape index (κ1) is 12.1. The fraction of sp³-hybridized carbons (Fsp3) is 0.333. The SMILES string of the molecule is N#CCCCNC(=O)c1ccc([N+](=O)[O-])s1. The van der Waals surface area contributed by atoms with E-state index >= 15 is 0 Å². The van der Waals surface area contributed by atoms with Crippen LogP contribution in [-0.4, -0.2) is 17.4 Å². The molecule has 0 fully saturated rings. The number of nitriles is 1. The highest BCUT2D eigenvalue weighted by molar-refractivity contribution is 7.17. The molecule has 0 atom stereocenters. The van der Waals surface area contributed by atoms with Crippen LogP contribution in [0, 0.1) is 21.4 Å². The lowest BCUT2D eigenvalue weighted by Crippen LogP contribution is -2.23. The summed E-state index contributed by atoms with van der Waals surface area (Å²) in [6.45, 7) is 0.401. The second kappa shape index (κ2) is 5.82. The third-order valence-corrected chi connectivity index (χ3v) is 2.78. The topological polar surface area (TPSA) is 96.0 Å². The molecule has 0 saturated heterocycles. The van der Waals surface area contributed by atoms with Gasteiger partial charge in [0.15, 0.2) is 0 Å². The maximum absolute atomic E-state index is 11.4. The van der Waals surface area contributed by atoms with Gasteiger partial charge in [0.2, 0.25) is 0 Å². The van der Waals surface area contributed by atoms with Crippen molar-refractivity contribution in [1.82, 2.24) is 5.32 Å². The van der Waals surface area contributed by atoms with E-state index in [1.54, 1.807) is 0 Å². The molecule has 0 aliphatic rings. The van der Waals surface area contributed by atoms with Gasteiger partial charge in [-0.25, -0.2) is 0 Å². The highest BCUT2D eigenvalue weighted by Crippen LogP contribution is 2.23. The van der Waals surface area contributed by atoms with E-state index in [0.29, 0.717) is 24.3 Å². The summed E-state index contributed by atoms with van der Waals surface area (Å²) < 4.78 is 0. The molecule has 0 aromatic carbocycles. The number of nitrogens with zero attached hydrogens (tertiary/aromatic N) is 2. The quantitative estimate of drug-likeness (QED) is 0.480. The van der Waals surface area contributed by atoms with E-state index in [1.165, 1.54) is 12.1 Å². The van der Waals surface area contributed by atoms with Crippen LogP contribution in [0.3, 0.4) is 0 Å². The largest absolute Gasteiger partial charge is 0.351 e. The predicted octanol–water partition coefficient (Wildman–Crippen LogP) is 1.69. The van der Waals surface area contributed by atoms with E-state index in [9.17, 15) is 14.9 Å². The normalized spacial score (nSPS) is 9.44. The highest BCUT2D eigenvalue weighted by Gasteiger charge is 2.14. The molecule has 6 nitrogen and oxygen atoms in total. The number of hydrogen-bond donors (Lipinski definition) is 1. The van der Waals surface area contributed by atoms with Gasteiger partial charge in [-0.3, -0.25) is 14.9 Å². The van der Waals surface area contributed by atoms with Crippen LogP contribution in [0.4, 0.5) is 5.00 Å². The van der Waals surface area contributed by atoms with Gasteiger partial charge < -0.3 is 5.32 Å². The Bertz CT molecular complexity index is 435. The van der Waals surface area contributed by atoms with E-state index in [2.05, 4.69) is 5.32 Å². The third-order valence-electron chi connectivity index (χ3n) is 1.75. The molecule has 1 aromatic rings. The molecule has 1 heterocycles. The van der Waals surface area contributed by atoms with Gasteiger partial charge in [-0.05, 0) is 12.5 Å². The van der Waals surface area contributed by atoms with Crippen LogP contribution < -0.4 is 5.32 Å². The molecule has 1 amide bonds. The maximum Gasteiger partial charge on any atom is 0.324 e. The molecule has 1 N–H and O–H groups in total. The van der Waals surface area contributed by atoms with Gasteiger partial charge in [0.05, 0.1) is 15.9 Å². The van der Waals surface area contributed by atoms with Crippen LogP contribution in [0.15, 0.2) is 12.1 Å². The first-order valence-electron chi connectivity index (χ1n) is 4.54. The Balaban J connectivity index is 2.47. The Morgan fingerprint density at radius 3 is 2.94 bits per heavy atom. The van der Waals surface area contributed by atoms with Gasteiger partial charge >= 0.3 is 5.00 Å². The average molecular weight is 239 g/mol. The number of unbranched alkanes of at least 4 members (excludes halogenated alkanes) is 1. The van der Waals surface area contributed by atoms with E-state index in [0.717, 1.165) is 11.3 Å². The molecule has 84 valence electrons. The summed E-state index contributed by atoms with van der Waals surface area (Å²) in [5, 5.41) is 21.2. The molecular weight excluding hydrogens is 230 g/mol. The van der Waals surface area contributed by atoms with Crippen LogP contribution in [0.5, 0.6) is 0 Å². The maximum atomic E-state index is 11.4. The van der Waals surface area contributed by atoms with E-state index in [-0.39, 0.29) is 10.9 Å². The number of hydrogen-bond acceptors (Lipinski definition) is 5. The molecule has 0 radical (unpaired) electrons. The zero-order chi connectivity index (χ0) is 12.0. The van der Waals surface area contributed by atoms with E-state index < -0.39 is 4.92 Å². The molecule has 0 spiro atoms. The lowest BCUT2D eigenvalue weighted by atomic mass is 10.3. The van der Waals surface area contributed by atoms with Crippen molar-refractivity contribution in [3.05, 3.63) is 27.1 Å². The van der Waals surface area contributed by atoms with Crippen LogP contribution in [0.2, 0.25) is 0 Å². The molecule has 16 heavy (non-hydrogen) atoms. The van der Waals surface area contributed by atoms with Gasteiger partial charge in [0, 0.05) is 19.0 Å². The van der Waals surface area contributed by atoms with E-state index in [1.807, 2.05) is 6.07 Å². The monoisotopic (exact) mass is 239 g/mol.